The number of anilines is 3. The summed E-state index contributed by atoms with van der Waals surface area (Å²) in [5.74, 6) is 0. The minimum absolute atomic E-state index is 1.12. The summed E-state index contributed by atoms with van der Waals surface area (Å²) < 4.78 is 5.00. The van der Waals surface area contributed by atoms with Gasteiger partial charge in [0.1, 0.15) is 0 Å². The Kier molecular flexibility index (Phi) is 6.16. The van der Waals surface area contributed by atoms with Crippen molar-refractivity contribution in [3.63, 3.8) is 0 Å². The van der Waals surface area contributed by atoms with Gasteiger partial charge in [0.25, 0.3) is 0 Å². The first-order valence-electron chi connectivity index (χ1n) is 17.4. The first-order valence-corrected chi connectivity index (χ1v) is 18.3. The summed E-state index contributed by atoms with van der Waals surface area (Å²) in [5.41, 5.74) is 7.01. The molecule has 9 aromatic carbocycles. The second-order valence-corrected chi connectivity index (χ2v) is 14.4. The molecule has 11 rings (SSSR count). The maximum atomic E-state index is 2.52. The number of para-hydroxylation sites is 2. The zero-order valence-corrected chi connectivity index (χ0v) is 28.4. The third kappa shape index (κ3) is 4.22. The molecule has 11 aromatic rings. The highest BCUT2D eigenvalue weighted by molar-refractivity contribution is 7.26. The van der Waals surface area contributed by atoms with E-state index in [1.807, 2.05) is 11.3 Å². The lowest BCUT2D eigenvalue weighted by atomic mass is 9.94. The molecular weight excluding hydrogens is 637 g/mol. The van der Waals surface area contributed by atoms with E-state index in [2.05, 4.69) is 191 Å². The third-order valence-electron chi connectivity index (χ3n) is 10.5. The van der Waals surface area contributed by atoms with Crippen molar-refractivity contribution in [2.75, 3.05) is 4.90 Å². The average Bonchev–Trinajstić information content (AvgIpc) is 3.74. The van der Waals surface area contributed by atoms with Crippen molar-refractivity contribution in [3.05, 3.63) is 182 Å². The van der Waals surface area contributed by atoms with Crippen LogP contribution in [-0.2, 0) is 0 Å². The van der Waals surface area contributed by atoms with E-state index in [4.69, 9.17) is 0 Å². The summed E-state index contributed by atoms with van der Waals surface area (Å²) in [5, 5.41) is 12.6. The molecule has 0 spiro atoms. The van der Waals surface area contributed by atoms with Gasteiger partial charge in [0.05, 0.1) is 27.1 Å². The molecule has 0 unspecified atom stereocenters. The lowest BCUT2D eigenvalue weighted by Crippen LogP contribution is -2.11. The Morgan fingerprint density at radius 3 is 1.90 bits per heavy atom. The topological polar surface area (TPSA) is 8.17 Å². The number of nitrogens with zero attached hydrogens (tertiary/aromatic N) is 2. The monoisotopic (exact) mass is 666 g/mol. The van der Waals surface area contributed by atoms with Crippen molar-refractivity contribution < 1.29 is 0 Å². The Morgan fingerprint density at radius 2 is 1.02 bits per heavy atom. The summed E-state index contributed by atoms with van der Waals surface area (Å²) in [6.45, 7) is 0. The van der Waals surface area contributed by atoms with Crippen molar-refractivity contribution in [2.45, 2.75) is 0 Å². The number of rotatable bonds is 4. The summed E-state index contributed by atoms with van der Waals surface area (Å²) >= 11 is 1.88. The Labute approximate surface area is 298 Å². The molecule has 0 fully saturated rings. The second-order valence-electron chi connectivity index (χ2n) is 13.3. The Morgan fingerprint density at radius 1 is 0.392 bits per heavy atom. The Balaban J connectivity index is 1.29. The maximum Gasteiger partial charge on any atom is 0.0640 e. The fourth-order valence-corrected chi connectivity index (χ4v) is 9.52. The van der Waals surface area contributed by atoms with E-state index in [0.29, 0.717) is 0 Å². The molecule has 0 amide bonds. The molecule has 0 saturated carbocycles. The highest BCUT2D eigenvalue weighted by atomic mass is 32.1. The fraction of sp³-hybridized carbons (Fsp3) is 0. The van der Waals surface area contributed by atoms with E-state index in [9.17, 15) is 0 Å². The van der Waals surface area contributed by atoms with E-state index >= 15 is 0 Å². The van der Waals surface area contributed by atoms with Crippen molar-refractivity contribution in [3.8, 4) is 5.69 Å². The maximum absolute atomic E-state index is 2.52. The van der Waals surface area contributed by atoms with Crippen molar-refractivity contribution in [2.24, 2.45) is 0 Å². The first kappa shape index (κ1) is 28.4. The smallest absolute Gasteiger partial charge is 0.0640 e. The normalized spacial score (nSPS) is 11.9. The second kappa shape index (κ2) is 11.0. The van der Waals surface area contributed by atoms with Gasteiger partial charge in [-0.05, 0) is 75.5 Å². The minimum Gasteiger partial charge on any atom is -0.309 e. The van der Waals surface area contributed by atoms with Crippen molar-refractivity contribution >= 4 is 103 Å². The molecule has 2 nitrogen and oxygen atoms in total. The number of aromatic nitrogens is 1. The van der Waals surface area contributed by atoms with Gasteiger partial charge >= 0.3 is 0 Å². The third-order valence-corrected chi connectivity index (χ3v) is 11.7. The Hall–Kier alpha value is -6.42. The van der Waals surface area contributed by atoms with Gasteiger partial charge in [0, 0.05) is 43.0 Å². The molecule has 51 heavy (non-hydrogen) atoms. The van der Waals surface area contributed by atoms with Crippen LogP contribution >= 0.6 is 11.3 Å². The highest BCUT2D eigenvalue weighted by Gasteiger charge is 2.23. The molecule has 0 saturated heterocycles. The molecule has 0 aliphatic carbocycles. The van der Waals surface area contributed by atoms with Gasteiger partial charge in [-0.1, -0.05) is 133 Å². The van der Waals surface area contributed by atoms with Crippen LogP contribution in [0.1, 0.15) is 0 Å². The zero-order valence-electron chi connectivity index (χ0n) is 27.6. The standard InChI is InChI=1S/C48H30N2S/c1-2-14-34(15-3-1)49-41-20-8-6-17-37(41)38-29-28-35(30-44(38)49)50(43-22-11-19-40-39-18-7-9-23-45(39)51-48(40)43)42-21-10-13-32-26-27-33-25-24-31-12-4-5-16-36(31)46(33)47(32)42/h1-30H. The van der Waals surface area contributed by atoms with Gasteiger partial charge in [-0.25, -0.2) is 0 Å². The highest BCUT2D eigenvalue weighted by Crippen LogP contribution is 2.49. The Bertz CT molecular complexity index is 3150. The lowest BCUT2D eigenvalue weighted by molar-refractivity contribution is 1.18. The molecule has 0 aliphatic heterocycles. The predicted molar refractivity (Wildman–Crippen MR) is 221 cm³/mol. The summed E-state index contributed by atoms with van der Waals surface area (Å²) in [6, 6.07) is 66.8. The van der Waals surface area contributed by atoms with Crippen LogP contribution in [0.5, 0.6) is 0 Å². The molecule has 2 aromatic heterocycles. The number of fused-ring (bicyclic) bond motifs is 11. The number of thiophene rings is 1. The summed E-state index contributed by atoms with van der Waals surface area (Å²) in [6.07, 6.45) is 0. The molecule has 0 bridgehead atoms. The largest absolute Gasteiger partial charge is 0.309 e. The molecule has 0 atom stereocenters. The van der Waals surface area contributed by atoms with Gasteiger partial charge in [-0.3, -0.25) is 0 Å². The first-order chi connectivity index (χ1) is 25.3. The lowest BCUT2D eigenvalue weighted by Gasteiger charge is -2.28. The molecule has 238 valence electrons. The van der Waals surface area contributed by atoms with Gasteiger partial charge in [-0.2, -0.15) is 0 Å². The molecular formula is C48H30N2S. The molecule has 0 radical (unpaired) electrons. The molecule has 0 N–H and O–H groups in total. The minimum atomic E-state index is 1.12. The quantitative estimate of drug-likeness (QED) is 0.170. The van der Waals surface area contributed by atoms with E-state index in [-0.39, 0.29) is 0 Å². The SMILES string of the molecule is c1ccc(-n2c3ccccc3c3ccc(N(c4cccc5c4sc4ccccc45)c4cccc5ccc6ccc7ccccc7c6c45)cc32)cc1. The van der Waals surface area contributed by atoms with Crippen molar-refractivity contribution in [1.82, 2.24) is 4.57 Å². The summed E-state index contributed by atoms with van der Waals surface area (Å²) in [4.78, 5) is 2.52. The fourth-order valence-electron chi connectivity index (χ4n) is 8.31. The van der Waals surface area contributed by atoms with E-state index in [1.165, 1.54) is 85.7 Å². The van der Waals surface area contributed by atoms with Crippen LogP contribution in [-0.4, -0.2) is 4.57 Å². The van der Waals surface area contributed by atoms with Crippen LogP contribution in [0.2, 0.25) is 0 Å². The number of benzene rings is 9. The van der Waals surface area contributed by atoms with Gasteiger partial charge in [0.15, 0.2) is 0 Å². The molecule has 2 heterocycles. The van der Waals surface area contributed by atoms with E-state index < -0.39 is 0 Å². The van der Waals surface area contributed by atoms with Crippen LogP contribution in [0.3, 0.4) is 0 Å². The van der Waals surface area contributed by atoms with Crippen LogP contribution in [0.25, 0.3) is 80.0 Å². The van der Waals surface area contributed by atoms with Crippen LogP contribution in [0, 0.1) is 0 Å². The predicted octanol–water partition coefficient (Wildman–Crippen LogP) is 14.1. The zero-order chi connectivity index (χ0) is 33.5. The van der Waals surface area contributed by atoms with Crippen molar-refractivity contribution in [1.29, 1.82) is 0 Å². The number of hydrogen-bond acceptors (Lipinski definition) is 2. The number of hydrogen-bond donors (Lipinski definition) is 0. The van der Waals surface area contributed by atoms with Gasteiger partial charge < -0.3 is 9.47 Å². The van der Waals surface area contributed by atoms with Gasteiger partial charge in [0.2, 0.25) is 0 Å². The van der Waals surface area contributed by atoms with Crippen LogP contribution in [0.15, 0.2) is 182 Å². The van der Waals surface area contributed by atoms with E-state index in [0.717, 1.165) is 11.4 Å². The molecule has 3 heteroatoms. The molecule has 0 aliphatic rings. The van der Waals surface area contributed by atoms with E-state index in [1.54, 1.807) is 0 Å². The summed E-state index contributed by atoms with van der Waals surface area (Å²) in [7, 11) is 0. The van der Waals surface area contributed by atoms with Crippen LogP contribution in [0.4, 0.5) is 17.1 Å². The van der Waals surface area contributed by atoms with Gasteiger partial charge in [-0.15, -0.1) is 11.3 Å². The van der Waals surface area contributed by atoms with Crippen LogP contribution < -0.4 is 4.90 Å². The average molecular weight is 667 g/mol.